The molecule has 118 valence electrons. The van der Waals surface area contributed by atoms with Crippen LogP contribution in [0.1, 0.15) is 57.9 Å². The van der Waals surface area contributed by atoms with Crippen molar-refractivity contribution in [3.8, 4) is 0 Å². The first-order valence-corrected chi connectivity index (χ1v) is 8.99. The van der Waals surface area contributed by atoms with Crippen LogP contribution >= 0.6 is 0 Å². The first kappa shape index (κ1) is 14.1. The molecule has 3 nitrogen and oxygen atoms in total. The van der Waals surface area contributed by atoms with E-state index in [-0.39, 0.29) is 5.69 Å². The average Bonchev–Trinajstić information content (AvgIpc) is 2.85. The molecule has 1 heterocycles. The topological polar surface area (TPSA) is 26.9 Å². The summed E-state index contributed by atoms with van der Waals surface area (Å²) in [5.41, 5.74) is 2.43. The molecule has 0 N–H and O–H groups in total. The maximum Gasteiger partial charge on any atom is 0.329 e. The minimum absolute atomic E-state index is 0.197. The first-order valence-electron chi connectivity index (χ1n) is 8.99. The van der Waals surface area contributed by atoms with Gasteiger partial charge in [-0.05, 0) is 50.2 Å². The molecule has 3 atom stereocenters. The molecule has 0 amide bonds. The molecule has 4 rings (SSSR count). The molecule has 2 aliphatic carbocycles. The molecule has 22 heavy (non-hydrogen) atoms. The fraction of sp³-hybridized carbons (Fsp3) is 0.632. The maximum atomic E-state index is 12.9. The van der Waals surface area contributed by atoms with E-state index in [0.717, 1.165) is 29.4 Å². The third-order valence-corrected chi connectivity index (χ3v) is 6.06. The second-order valence-corrected chi connectivity index (χ2v) is 7.16. The average molecular weight is 298 g/mol. The number of hydrogen-bond acceptors (Lipinski definition) is 1. The molecule has 0 aliphatic heterocycles. The summed E-state index contributed by atoms with van der Waals surface area (Å²) in [6.45, 7) is 2.82. The Labute approximate surface area is 131 Å². The smallest absolute Gasteiger partial charge is 0.292 e. The van der Waals surface area contributed by atoms with Gasteiger partial charge in [0.05, 0.1) is 11.0 Å². The first-order chi connectivity index (χ1) is 10.8. The lowest BCUT2D eigenvalue weighted by Gasteiger charge is -2.39. The van der Waals surface area contributed by atoms with E-state index < -0.39 is 0 Å². The monoisotopic (exact) mass is 298 g/mol. The standard InChI is InChI=1S/C19H26N2O/c1-2-20-17-9-5-6-10-18(17)21(19(20)22)16-12-11-14-7-3-4-8-15(14)13-16/h5-6,9-10,14-16H,2-4,7-8,11-13H2,1H3. The van der Waals surface area contributed by atoms with E-state index in [1.54, 1.807) is 0 Å². The van der Waals surface area contributed by atoms with Crippen molar-refractivity contribution < 1.29 is 0 Å². The van der Waals surface area contributed by atoms with Crippen LogP contribution in [0.25, 0.3) is 11.0 Å². The number of hydrogen-bond donors (Lipinski definition) is 0. The van der Waals surface area contributed by atoms with Gasteiger partial charge in [-0.1, -0.05) is 37.8 Å². The zero-order chi connectivity index (χ0) is 15.1. The quantitative estimate of drug-likeness (QED) is 0.809. The molecule has 1 aromatic heterocycles. The van der Waals surface area contributed by atoms with E-state index in [9.17, 15) is 4.79 Å². The highest BCUT2D eigenvalue weighted by Crippen LogP contribution is 2.44. The summed E-state index contributed by atoms with van der Waals surface area (Å²) in [6.07, 6.45) is 9.31. The van der Waals surface area contributed by atoms with E-state index in [4.69, 9.17) is 0 Å². The summed E-state index contributed by atoms with van der Waals surface area (Å²) in [6, 6.07) is 8.71. The summed E-state index contributed by atoms with van der Waals surface area (Å²) in [5, 5.41) is 0. The Bertz CT molecular complexity index is 727. The number of rotatable bonds is 2. The van der Waals surface area contributed by atoms with Gasteiger partial charge >= 0.3 is 5.69 Å². The van der Waals surface area contributed by atoms with Crippen molar-refractivity contribution >= 4 is 11.0 Å². The molecular formula is C19H26N2O. The number of aromatic nitrogens is 2. The molecular weight excluding hydrogens is 272 g/mol. The Balaban J connectivity index is 1.75. The maximum absolute atomic E-state index is 12.9. The molecule has 2 aromatic rings. The van der Waals surface area contributed by atoms with Gasteiger partial charge in [0, 0.05) is 12.6 Å². The van der Waals surface area contributed by atoms with Crippen LogP contribution in [0.15, 0.2) is 29.1 Å². The van der Waals surface area contributed by atoms with Gasteiger partial charge < -0.3 is 0 Å². The Hall–Kier alpha value is -1.51. The lowest BCUT2D eigenvalue weighted by Crippen LogP contribution is -2.34. The van der Waals surface area contributed by atoms with Crippen LogP contribution < -0.4 is 5.69 Å². The third kappa shape index (κ3) is 2.13. The Kier molecular flexibility index (Phi) is 3.59. The van der Waals surface area contributed by atoms with Crippen molar-refractivity contribution in [2.75, 3.05) is 0 Å². The Morgan fingerprint density at radius 2 is 1.73 bits per heavy atom. The molecule has 1 aromatic carbocycles. The summed E-state index contributed by atoms with van der Waals surface area (Å²) in [5.74, 6) is 1.78. The van der Waals surface area contributed by atoms with E-state index in [1.165, 1.54) is 44.9 Å². The van der Waals surface area contributed by atoms with Crippen molar-refractivity contribution in [1.29, 1.82) is 0 Å². The van der Waals surface area contributed by atoms with Crippen LogP contribution in [0.3, 0.4) is 0 Å². The Morgan fingerprint density at radius 3 is 2.50 bits per heavy atom. The molecule has 2 fully saturated rings. The van der Waals surface area contributed by atoms with E-state index in [1.807, 2.05) is 10.6 Å². The van der Waals surface area contributed by atoms with Gasteiger partial charge in [-0.3, -0.25) is 9.13 Å². The number of benzene rings is 1. The van der Waals surface area contributed by atoms with Gasteiger partial charge in [0.25, 0.3) is 0 Å². The summed E-state index contributed by atoms with van der Waals surface area (Å²) in [7, 11) is 0. The van der Waals surface area contributed by atoms with Gasteiger partial charge in [-0.2, -0.15) is 0 Å². The van der Waals surface area contributed by atoms with Gasteiger partial charge in [-0.25, -0.2) is 4.79 Å². The van der Waals surface area contributed by atoms with E-state index in [0.29, 0.717) is 6.04 Å². The summed E-state index contributed by atoms with van der Waals surface area (Å²) < 4.78 is 4.05. The largest absolute Gasteiger partial charge is 0.329 e. The van der Waals surface area contributed by atoms with Crippen LogP contribution in [-0.4, -0.2) is 9.13 Å². The highest BCUT2D eigenvalue weighted by Gasteiger charge is 2.34. The second kappa shape index (κ2) is 5.60. The number of imidazole rings is 1. The minimum atomic E-state index is 0.197. The molecule has 0 radical (unpaired) electrons. The van der Waals surface area contributed by atoms with E-state index >= 15 is 0 Å². The molecule has 2 aliphatic rings. The van der Waals surface area contributed by atoms with Gasteiger partial charge in [0.1, 0.15) is 0 Å². The fourth-order valence-electron chi connectivity index (χ4n) is 4.97. The minimum Gasteiger partial charge on any atom is -0.292 e. The molecule has 3 heteroatoms. The number of fused-ring (bicyclic) bond motifs is 2. The predicted octanol–water partition coefficient (Wildman–Crippen LogP) is 4.35. The molecule has 0 bridgehead atoms. The van der Waals surface area contributed by atoms with Crippen LogP contribution in [-0.2, 0) is 6.54 Å². The highest BCUT2D eigenvalue weighted by atomic mass is 16.1. The van der Waals surface area contributed by atoms with Gasteiger partial charge in [0.2, 0.25) is 0 Å². The highest BCUT2D eigenvalue weighted by molar-refractivity contribution is 5.76. The van der Waals surface area contributed by atoms with Crippen molar-refractivity contribution in [2.45, 2.75) is 64.5 Å². The molecule has 0 spiro atoms. The fourth-order valence-corrected chi connectivity index (χ4v) is 4.97. The SMILES string of the molecule is CCn1c(=O)n(C2CCC3CCCCC3C2)c2ccccc21. The Morgan fingerprint density at radius 1 is 1.00 bits per heavy atom. The van der Waals surface area contributed by atoms with Crippen molar-refractivity contribution in [3.63, 3.8) is 0 Å². The van der Waals surface area contributed by atoms with Crippen molar-refractivity contribution in [2.24, 2.45) is 11.8 Å². The number of aryl methyl sites for hydroxylation is 1. The van der Waals surface area contributed by atoms with Crippen LogP contribution in [0, 0.1) is 11.8 Å². The lowest BCUT2D eigenvalue weighted by atomic mass is 9.69. The third-order valence-electron chi connectivity index (χ3n) is 6.06. The van der Waals surface area contributed by atoms with Crippen LogP contribution in [0.4, 0.5) is 0 Å². The molecule has 0 saturated heterocycles. The summed E-state index contributed by atoms with van der Waals surface area (Å²) in [4.78, 5) is 12.9. The van der Waals surface area contributed by atoms with Gasteiger partial charge in [0.15, 0.2) is 0 Å². The van der Waals surface area contributed by atoms with Gasteiger partial charge in [-0.15, -0.1) is 0 Å². The molecule has 2 saturated carbocycles. The van der Waals surface area contributed by atoms with Crippen LogP contribution in [0.5, 0.6) is 0 Å². The zero-order valence-corrected chi connectivity index (χ0v) is 13.5. The normalized spacial score (nSPS) is 28.7. The summed E-state index contributed by atoms with van der Waals surface area (Å²) >= 11 is 0. The van der Waals surface area contributed by atoms with Crippen molar-refractivity contribution in [3.05, 3.63) is 34.7 Å². The molecule has 3 unspecified atom stereocenters. The number of para-hydroxylation sites is 2. The zero-order valence-electron chi connectivity index (χ0n) is 13.5. The number of nitrogens with zero attached hydrogens (tertiary/aromatic N) is 2. The van der Waals surface area contributed by atoms with Crippen molar-refractivity contribution in [1.82, 2.24) is 9.13 Å². The lowest BCUT2D eigenvalue weighted by molar-refractivity contribution is 0.133. The van der Waals surface area contributed by atoms with Crippen LogP contribution in [0.2, 0.25) is 0 Å². The van der Waals surface area contributed by atoms with E-state index in [2.05, 4.69) is 29.7 Å². The second-order valence-electron chi connectivity index (χ2n) is 7.16. The predicted molar refractivity (Wildman–Crippen MR) is 90.2 cm³/mol.